The molecular formula is C30H22BNO3. The summed E-state index contributed by atoms with van der Waals surface area (Å²) in [5, 5.41) is 20.9. The standard InChI is InChI=1S/C30H22BNO3/c33-31(34)23-17-13-21(14-18-23)22-15-19-25(20-16-22)32(24-7-2-1-3-8-24)28-11-6-10-27-26-9-4-5-12-29(26)35-30(27)28/h1-20,33-34H. The molecule has 0 radical (unpaired) electrons. The second kappa shape index (κ2) is 8.80. The molecule has 1 aromatic heterocycles. The van der Waals surface area contributed by atoms with E-state index in [1.165, 1.54) is 0 Å². The Balaban J connectivity index is 1.47. The first kappa shape index (κ1) is 21.2. The highest BCUT2D eigenvalue weighted by molar-refractivity contribution is 6.58. The number of benzene rings is 5. The van der Waals surface area contributed by atoms with E-state index in [0.29, 0.717) is 5.46 Å². The van der Waals surface area contributed by atoms with Crippen molar-refractivity contribution >= 4 is 51.6 Å². The second-order valence-corrected chi connectivity index (χ2v) is 8.47. The van der Waals surface area contributed by atoms with Crippen molar-refractivity contribution < 1.29 is 14.5 Å². The molecule has 0 aliphatic heterocycles. The van der Waals surface area contributed by atoms with Crippen molar-refractivity contribution in [3.63, 3.8) is 0 Å². The first-order valence-corrected chi connectivity index (χ1v) is 11.5. The summed E-state index contributed by atoms with van der Waals surface area (Å²) >= 11 is 0. The van der Waals surface area contributed by atoms with Crippen LogP contribution in [0.3, 0.4) is 0 Å². The van der Waals surface area contributed by atoms with Gasteiger partial charge in [0.05, 0.1) is 5.69 Å². The van der Waals surface area contributed by atoms with E-state index in [0.717, 1.165) is 50.1 Å². The topological polar surface area (TPSA) is 56.8 Å². The smallest absolute Gasteiger partial charge is 0.454 e. The predicted octanol–water partition coefficient (Wildman–Crippen LogP) is 6.40. The number of hydrogen-bond acceptors (Lipinski definition) is 4. The molecule has 0 saturated heterocycles. The van der Waals surface area contributed by atoms with Crippen molar-refractivity contribution in [3.8, 4) is 11.1 Å². The van der Waals surface area contributed by atoms with Crippen LogP contribution in [0.25, 0.3) is 33.1 Å². The number of anilines is 3. The minimum Gasteiger partial charge on any atom is -0.454 e. The minimum atomic E-state index is -1.47. The van der Waals surface area contributed by atoms with E-state index in [-0.39, 0.29) is 0 Å². The maximum atomic E-state index is 9.36. The fraction of sp³-hybridized carbons (Fsp3) is 0. The van der Waals surface area contributed by atoms with Crippen LogP contribution in [-0.4, -0.2) is 17.2 Å². The first-order valence-electron chi connectivity index (χ1n) is 11.5. The van der Waals surface area contributed by atoms with Gasteiger partial charge in [-0.1, -0.05) is 84.9 Å². The van der Waals surface area contributed by atoms with Gasteiger partial charge >= 0.3 is 7.12 Å². The highest BCUT2D eigenvalue weighted by Crippen LogP contribution is 2.42. The van der Waals surface area contributed by atoms with Crippen LogP contribution < -0.4 is 10.4 Å². The van der Waals surface area contributed by atoms with Crippen LogP contribution in [0.1, 0.15) is 0 Å². The third kappa shape index (κ3) is 3.87. The number of para-hydroxylation sites is 3. The van der Waals surface area contributed by atoms with E-state index in [1.807, 2.05) is 48.5 Å². The normalized spacial score (nSPS) is 11.1. The van der Waals surface area contributed by atoms with E-state index >= 15 is 0 Å². The Morgan fingerprint density at radius 1 is 0.543 bits per heavy atom. The quantitative estimate of drug-likeness (QED) is 0.295. The number of nitrogens with zero attached hydrogens (tertiary/aromatic N) is 1. The summed E-state index contributed by atoms with van der Waals surface area (Å²) in [6.07, 6.45) is 0. The Hall–Kier alpha value is -4.32. The van der Waals surface area contributed by atoms with Crippen LogP contribution in [0, 0.1) is 0 Å². The molecule has 1 heterocycles. The number of rotatable bonds is 5. The van der Waals surface area contributed by atoms with Crippen molar-refractivity contribution in [1.82, 2.24) is 0 Å². The summed E-state index contributed by atoms with van der Waals surface area (Å²) in [6, 6.07) is 40.2. The molecule has 0 spiro atoms. The van der Waals surface area contributed by atoms with Gasteiger partial charge in [0.15, 0.2) is 5.58 Å². The number of furan rings is 1. The Kier molecular flexibility index (Phi) is 5.34. The Labute approximate surface area is 203 Å². The molecule has 0 saturated carbocycles. The van der Waals surface area contributed by atoms with Gasteiger partial charge in [-0.25, -0.2) is 0 Å². The number of hydrogen-bond donors (Lipinski definition) is 2. The zero-order chi connectivity index (χ0) is 23.8. The van der Waals surface area contributed by atoms with Gasteiger partial charge in [0.2, 0.25) is 0 Å². The zero-order valence-corrected chi connectivity index (χ0v) is 18.9. The molecule has 0 unspecified atom stereocenters. The van der Waals surface area contributed by atoms with Crippen molar-refractivity contribution in [1.29, 1.82) is 0 Å². The fourth-order valence-electron chi connectivity index (χ4n) is 4.56. The summed E-state index contributed by atoms with van der Waals surface area (Å²) in [5.41, 5.74) is 7.26. The molecule has 6 aromatic rings. The number of fused-ring (bicyclic) bond motifs is 3. The Bertz CT molecular complexity index is 1610. The zero-order valence-electron chi connectivity index (χ0n) is 18.9. The molecule has 0 atom stereocenters. The van der Waals surface area contributed by atoms with Crippen molar-refractivity contribution in [2.75, 3.05) is 4.90 Å². The lowest BCUT2D eigenvalue weighted by molar-refractivity contribution is 0.426. The molecule has 5 heteroatoms. The third-order valence-corrected chi connectivity index (χ3v) is 6.31. The lowest BCUT2D eigenvalue weighted by Gasteiger charge is -2.25. The van der Waals surface area contributed by atoms with Crippen LogP contribution in [0.5, 0.6) is 0 Å². The van der Waals surface area contributed by atoms with Crippen LogP contribution in [0.2, 0.25) is 0 Å². The molecule has 0 amide bonds. The van der Waals surface area contributed by atoms with E-state index in [2.05, 4.69) is 65.6 Å². The van der Waals surface area contributed by atoms with Gasteiger partial charge in [0.25, 0.3) is 0 Å². The molecule has 0 aliphatic rings. The Morgan fingerprint density at radius 3 is 1.86 bits per heavy atom. The van der Waals surface area contributed by atoms with E-state index in [4.69, 9.17) is 4.42 Å². The largest absolute Gasteiger partial charge is 0.488 e. The second-order valence-electron chi connectivity index (χ2n) is 8.47. The molecule has 35 heavy (non-hydrogen) atoms. The lowest BCUT2D eigenvalue weighted by Crippen LogP contribution is -2.29. The van der Waals surface area contributed by atoms with E-state index in [1.54, 1.807) is 12.1 Å². The molecule has 4 nitrogen and oxygen atoms in total. The average Bonchev–Trinajstić information content (AvgIpc) is 3.30. The van der Waals surface area contributed by atoms with Gasteiger partial charge in [-0.2, -0.15) is 0 Å². The van der Waals surface area contributed by atoms with Crippen LogP contribution in [-0.2, 0) is 0 Å². The first-order chi connectivity index (χ1) is 17.2. The van der Waals surface area contributed by atoms with Crippen LogP contribution >= 0.6 is 0 Å². The SMILES string of the molecule is OB(O)c1ccc(-c2ccc(N(c3ccccc3)c3cccc4c3oc3ccccc34)cc2)cc1. The molecule has 6 rings (SSSR count). The summed E-state index contributed by atoms with van der Waals surface area (Å²) < 4.78 is 6.35. The van der Waals surface area contributed by atoms with Gasteiger partial charge in [-0.3, -0.25) is 0 Å². The summed E-state index contributed by atoms with van der Waals surface area (Å²) in [6.45, 7) is 0. The highest BCUT2D eigenvalue weighted by atomic mass is 16.4. The van der Waals surface area contributed by atoms with E-state index in [9.17, 15) is 10.0 Å². The van der Waals surface area contributed by atoms with Crippen molar-refractivity contribution in [2.45, 2.75) is 0 Å². The van der Waals surface area contributed by atoms with Gasteiger partial charge in [-0.05, 0) is 53.0 Å². The maximum Gasteiger partial charge on any atom is 0.488 e. The molecular weight excluding hydrogens is 433 g/mol. The third-order valence-electron chi connectivity index (χ3n) is 6.31. The maximum absolute atomic E-state index is 9.36. The summed E-state index contributed by atoms with van der Waals surface area (Å²) in [5.74, 6) is 0. The minimum absolute atomic E-state index is 0.472. The van der Waals surface area contributed by atoms with E-state index < -0.39 is 7.12 Å². The summed E-state index contributed by atoms with van der Waals surface area (Å²) in [7, 11) is -1.47. The fourth-order valence-corrected chi connectivity index (χ4v) is 4.56. The molecule has 0 fully saturated rings. The Morgan fingerprint density at radius 2 is 1.14 bits per heavy atom. The van der Waals surface area contributed by atoms with Crippen LogP contribution in [0.15, 0.2) is 126 Å². The van der Waals surface area contributed by atoms with Gasteiger partial charge in [0.1, 0.15) is 5.58 Å². The highest BCUT2D eigenvalue weighted by Gasteiger charge is 2.19. The van der Waals surface area contributed by atoms with Gasteiger partial charge < -0.3 is 19.4 Å². The van der Waals surface area contributed by atoms with Crippen molar-refractivity contribution in [3.05, 3.63) is 121 Å². The summed E-state index contributed by atoms with van der Waals surface area (Å²) in [4.78, 5) is 2.21. The van der Waals surface area contributed by atoms with Gasteiger partial charge in [0, 0.05) is 22.1 Å². The molecule has 0 aliphatic carbocycles. The molecule has 0 bridgehead atoms. The van der Waals surface area contributed by atoms with Crippen LogP contribution in [0.4, 0.5) is 17.1 Å². The molecule has 2 N–H and O–H groups in total. The van der Waals surface area contributed by atoms with Crippen molar-refractivity contribution in [2.24, 2.45) is 0 Å². The molecule has 5 aromatic carbocycles. The lowest BCUT2D eigenvalue weighted by atomic mass is 9.80. The predicted molar refractivity (Wildman–Crippen MR) is 144 cm³/mol. The average molecular weight is 455 g/mol. The monoisotopic (exact) mass is 455 g/mol. The molecule has 168 valence electrons. The van der Waals surface area contributed by atoms with Gasteiger partial charge in [-0.15, -0.1) is 0 Å².